The first-order valence-electron chi connectivity index (χ1n) is 10.1. The minimum Gasteiger partial charge on any atom is -0.462 e. The molecule has 0 bridgehead atoms. The Bertz CT molecular complexity index is 853. The quantitative estimate of drug-likeness (QED) is 0.295. The topological polar surface area (TPSA) is 84.5 Å². The molecule has 0 fully saturated rings. The molecule has 2 rings (SSSR count). The van der Waals surface area contributed by atoms with E-state index in [1.165, 1.54) is 11.8 Å². The highest BCUT2D eigenvalue weighted by Gasteiger charge is 2.09. The first kappa shape index (κ1) is 23.5. The Hall–Kier alpha value is -2.80. The normalized spacial score (nSPS) is 10.3. The van der Waals surface area contributed by atoms with Crippen LogP contribution in [0.3, 0.4) is 0 Å². The van der Waals surface area contributed by atoms with Gasteiger partial charge in [0.2, 0.25) is 11.8 Å². The molecule has 160 valence electrons. The van der Waals surface area contributed by atoms with Gasteiger partial charge in [0.1, 0.15) is 0 Å². The number of thioether (sulfide) groups is 1. The Balaban J connectivity index is 1.82. The van der Waals surface area contributed by atoms with Gasteiger partial charge in [0, 0.05) is 22.7 Å². The first-order chi connectivity index (χ1) is 14.5. The van der Waals surface area contributed by atoms with Crippen molar-refractivity contribution < 1.29 is 19.1 Å². The van der Waals surface area contributed by atoms with Crippen molar-refractivity contribution in [1.29, 1.82) is 0 Å². The summed E-state index contributed by atoms with van der Waals surface area (Å²) in [7, 11) is 0. The second-order valence-corrected chi connectivity index (χ2v) is 7.78. The molecule has 0 radical (unpaired) electrons. The summed E-state index contributed by atoms with van der Waals surface area (Å²) in [6.45, 7) is 4.40. The summed E-state index contributed by atoms with van der Waals surface area (Å²) in [6.07, 6.45) is 3.08. The maximum atomic E-state index is 12.2. The summed E-state index contributed by atoms with van der Waals surface area (Å²) in [5.41, 5.74) is 1.80. The minimum absolute atomic E-state index is 0.0184. The largest absolute Gasteiger partial charge is 0.462 e. The molecule has 0 spiro atoms. The zero-order chi connectivity index (χ0) is 21.8. The molecule has 0 aromatic heterocycles. The zero-order valence-electron chi connectivity index (χ0n) is 17.4. The second-order valence-electron chi connectivity index (χ2n) is 6.73. The number of anilines is 2. The Morgan fingerprint density at radius 1 is 0.900 bits per heavy atom. The molecule has 2 aromatic carbocycles. The fourth-order valence-corrected chi connectivity index (χ4v) is 3.30. The fourth-order valence-electron chi connectivity index (χ4n) is 2.54. The molecule has 0 unspecified atom stereocenters. The van der Waals surface area contributed by atoms with Gasteiger partial charge in [0.15, 0.2) is 0 Å². The van der Waals surface area contributed by atoms with Crippen LogP contribution in [0, 0.1) is 0 Å². The second kappa shape index (κ2) is 12.7. The number of benzene rings is 2. The van der Waals surface area contributed by atoms with E-state index in [0.29, 0.717) is 24.3 Å². The lowest BCUT2D eigenvalue weighted by Crippen LogP contribution is -2.14. The molecule has 2 N–H and O–H groups in total. The SMILES string of the molecule is CCCCOC(=O)c1ccc(NC(=O)CSc2cccc(NC(=O)CCC)c2)cc1. The third-order valence-electron chi connectivity index (χ3n) is 4.10. The smallest absolute Gasteiger partial charge is 0.338 e. The molecule has 0 aliphatic rings. The molecular weight excluding hydrogens is 400 g/mol. The maximum absolute atomic E-state index is 12.2. The van der Waals surface area contributed by atoms with E-state index in [4.69, 9.17) is 4.74 Å². The molecule has 6 nitrogen and oxygen atoms in total. The molecule has 0 atom stereocenters. The number of unbranched alkanes of at least 4 members (excludes halogenated alkanes) is 1. The third-order valence-corrected chi connectivity index (χ3v) is 5.09. The van der Waals surface area contributed by atoms with E-state index in [-0.39, 0.29) is 23.5 Å². The van der Waals surface area contributed by atoms with E-state index in [1.807, 2.05) is 38.1 Å². The molecule has 0 aliphatic heterocycles. The first-order valence-corrected chi connectivity index (χ1v) is 11.1. The number of rotatable bonds is 11. The Morgan fingerprint density at radius 3 is 2.33 bits per heavy atom. The van der Waals surface area contributed by atoms with Crippen molar-refractivity contribution >= 4 is 40.9 Å². The zero-order valence-corrected chi connectivity index (χ0v) is 18.2. The van der Waals surface area contributed by atoms with Gasteiger partial charge >= 0.3 is 5.97 Å². The van der Waals surface area contributed by atoms with E-state index in [9.17, 15) is 14.4 Å². The predicted molar refractivity (Wildman–Crippen MR) is 121 cm³/mol. The molecule has 0 saturated heterocycles. The van der Waals surface area contributed by atoms with E-state index >= 15 is 0 Å². The van der Waals surface area contributed by atoms with Gasteiger partial charge in [-0.15, -0.1) is 11.8 Å². The summed E-state index contributed by atoms with van der Waals surface area (Å²) in [6, 6.07) is 14.1. The van der Waals surface area contributed by atoms with Crippen molar-refractivity contribution in [2.24, 2.45) is 0 Å². The van der Waals surface area contributed by atoms with Crippen LogP contribution in [0.2, 0.25) is 0 Å². The van der Waals surface area contributed by atoms with Crippen LogP contribution in [-0.2, 0) is 14.3 Å². The van der Waals surface area contributed by atoms with Gasteiger partial charge in [-0.25, -0.2) is 4.79 Å². The average molecular weight is 429 g/mol. The summed E-state index contributed by atoms with van der Waals surface area (Å²) in [5.74, 6) is -0.302. The lowest BCUT2D eigenvalue weighted by atomic mass is 10.2. The molecule has 2 amide bonds. The van der Waals surface area contributed by atoms with Crippen LogP contribution >= 0.6 is 11.8 Å². The molecule has 2 aromatic rings. The van der Waals surface area contributed by atoms with Crippen molar-refractivity contribution in [3.05, 3.63) is 54.1 Å². The van der Waals surface area contributed by atoms with Gasteiger partial charge in [-0.2, -0.15) is 0 Å². The highest BCUT2D eigenvalue weighted by Crippen LogP contribution is 2.22. The standard InChI is InChI=1S/C23H28N2O4S/c1-3-5-14-29-23(28)17-10-12-18(13-11-17)24-22(27)16-30-20-9-6-8-19(15-20)25-21(26)7-4-2/h6,8-13,15H,3-5,7,14,16H2,1-2H3,(H,24,27)(H,25,26). The maximum Gasteiger partial charge on any atom is 0.338 e. The van der Waals surface area contributed by atoms with E-state index in [2.05, 4.69) is 10.6 Å². The van der Waals surface area contributed by atoms with Crippen molar-refractivity contribution in [3.8, 4) is 0 Å². The highest BCUT2D eigenvalue weighted by molar-refractivity contribution is 8.00. The van der Waals surface area contributed by atoms with Crippen LogP contribution < -0.4 is 10.6 Å². The molecular formula is C23H28N2O4S. The lowest BCUT2D eigenvalue weighted by Gasteiger charge is -2.08. The van der Waals surface area contributed by atoms with Crippen molar-refractivity contribution in [1.82, 2.24) is 0 Å². The number of carbonyl (C=O) groups is 3. The average Bonchev–Trinajstić information content (AvgIpc) is 2.73. The fraction of sp³-hybridized carbons (Fsp3) is 0.348. The van der Waals surface area contributed by atoms with Crippen LogP contribution in [0.15, 0.2) is 53.4 Å². The van der Waals surface area contributed by atoms with Crippen molar-refractivity contribution in [3.63, 3.8) is 0 Å². The lowest BCUT2D eigenvalue weighted by molar-refractivity contribution is -0.116. The molecule has 0 aliphatic carbocycles. The van der Waals surface area contributed by atoms with Crippen LogP contribution in [0.4, 0.5) is 11.4 Å². The van der Waals surface area contributed by atoms with Gasteiger partial charge in [-0.05, 0) is 55.3 Å². The van der Waals surface area contributed by atoms with Crippen LogP contribution in [-0.4, -0.2) is 30.1 Å². The van der Waals surface area contributed by atoms with Crippen molar-refractivity contribution in [2.75, 3.05) is 23.0 Å². The van der Waals surface area contributed by atoms with Gasteiger partial charge < -0.3 is 15.4 Å². The van der Waals surface area contributed by atoms with Crippen LogP contribution in [0.25, 0.3) is 0 Å². The summed E-state index contributed by atoms with van der Waals surface area (Å²) in [4.78, 5) is 36.7. The number of amides is 2. The number of hydrogen-bond donors (Lipinski definition) is 2. The third kappa shape index (κ3) is 8.29. The van der Waals surface area contributed by atoms with E-state index in [0.717, 1.165) is 29.8 Å². The predicted octanol–water partition coefficient (Wildman–Crippen LogP) is 5.11. The van der Waals surface area contributed by atoms with Gasteiger partial charge in [0.25, 0.3) is 0 Å². The molecule has 7 heteroatoms. The molecule has 0 saturated carbocycles. The number of nitrogens with one attached hydrogen (secondary N) is 2. The van der Waals surface area contributed by atoms with Crippen LogP contribution in [0.1, 0.15) is 49.9 Å². The van der Waals surface area contributed by atoms with Gasteiger partial charge in [-0.3, -0.25) is 9.59 Å². The van der Waals surface area contributed by atoms with Gasteiger partial charge in [-0.1, -0.05) is 26.3 Å². The van der Waals surface area contributed by atoms with E-state index < -0.39 is 0 Å². The molecule has 30 heavy (non-hydrogen) atoms. The minimum atomic E-state index is -0.359. The Labute approximate surface area is 181 Å². The Morgan fingerprint density at radius 2 is 1.63 bits per heavy atom. The Kier molecular flexibility index (Phi) is 9.94. The summed E-state index contributed by atoms with van der Waals surface area (Å²) in [5, 5.41) is 5.66. The monoisotopic (exact) mass is 428 g/mol. The number of carbonyl (C=O) groups excluding carboxylic acids is 3. The highest BCUT2D eigenvalue weighted by atomic mass is 32.2. The number of esters is 1. The van der Waals surface area contributed by atoms with Gasteiger partial charge in [0.05, 0.1) is 17.9 Å². The number of hydrogen-bond acceptors (Lipinski definition) is 5. The van der Waals surface area contributed by atoms with Crippen LogP contribution in [0.5, 0.6) is 0 Å². The summed E-state index contributed by atoms with van der Waals surface area (Å²) >= 11 is 1.38. The summed E-state index contributed by atoms with van der Waals surface area (Å²) < 4.78 is 5.17. The van der Waals surface area contributed by atoms with E-state index in [1.54, 1.807) is 24.3 Å². The molecule has 0 heterocycles. The number of ether oxygens (including phenoxy) is 1. The van der Waals surface area contributed by atoms with Crippen molar-refractivity contribution in [2.45, 2.75) is 44.4 Å².